The summed E-state index contributed by atoms with van der Waals surface area (Å²) in [6.45, 7) is 15.8. The van der Waals surface area contributed by atoms with Crippen molar-refractivity contribution in [1.82, 2.24) is 0 Å². The minimum absolute atomic E-state index is 0.934. The Hall–Kier alpha value is 1.48. The van der Waals surface area contributed by atoms with E-state index < -0.39 is 38.4 Å². The van der Waals surface area contributed by atoms with Crippen LogP contribution in [0.4, 0.5) is 0 Å². The van der Waals surface area contributed by atoms with Crippen LogP contribution in [0.15, 0.2) is 0 Å². The summed E-state index contributed by atoms with van der Waals surface area (Å²) < 4.78 is 26.6. The molecule has 0 saturated heterocycles. The molecule has 0 aliphatic rings. The van der Waals surface area contributed by atoms with Gasteiger partial charge in [0.1, 0.15) is 0 Å². The van der Waals surface area contributed by atoms with Crippen LogP contribution < -0.4 is 0 Å². The van der Waals surface area contributed by atoms with Crippen LogP contribution in [0.25, 0.3) is 0 Å². The van der Waals surface area contributed by atoms with Gasteiger partial charge in [0.05, 0.1) is 0 Å². The van der Waals surface area contributed by atoms with Crippen molar-refractivity contribution in [2.75, 3.05) is 13.2 Å². The van der Waals surface area contributed by atoms with Gasteiger partial charge in [0, 0.05) is 0 Å². The Morgan fingerprint density at radius 1 is 0.364 bits per heavy atom. The molecule has 0 amide bonds. The first-order chi connectivity index (χ1) is 16.1. The van der Waals surface area contributed by atoms with Crippen molar-refractivity contribution < 1.29 is 7.56 Å². The Labute approximate surface area is 219 Å². The van der Waals surface area contributed by atoms with Crippen LogP contribution in [0.1, 0.15) is 144 Å². The molecule has 5 heteroatoms. The molecule has 0 spiro atoms. The summed E-state index contributed by atoms with van der Waals surface area (Å²) in [7, 11) is 0. The third kappa shape index (κ3) is 17.5. The number of rotatable bonds is 26. The van der Waals surface area contributed by atoms with Gasteiger partial charge in [0.25, 0.3) is 0 Å². The van der Waals surface area contributed by atoms with Crippen LogP contribution in [0, 0.1) is 0 Å². The number of hydrogen-bond donors (Lipinski definition) is 0. The van der Waals surface area contributed by atoms with E-state index in [1.165, 1.54) is 120 Å². The average molecular weight is 684 g/mol. The maximum absolute atomic E-state index is 7.62. The summed E-state index contributed by atoms with van der Waals surface area (Å²) >= 11 is -6.36. The van der Waals surface area contributed by atoms with Crippen molar-refractivity contribution in [3.63, 3.8) is 0 Å². The molecule has 0 aromatic carbocycles. The van der Waals surface area contributed by atoms with Gasteiger partial charge >= 0.3 is 221 Å². The summed E-state index contributed by atoms with van der Waals surface area (Å²) in [6.07, 6.45) is 20.3. The fourth-order valence-corrected chi connectivity index (χ4v) is 47.2. The van der Waals surface area contributed by atoms with Gasteiger partial charge in [-0.15, -0.1) is 0 Å². The van der Waals surface area contributed by atoms with Crippen LogP contribution in [0.5, 0.6) is 0 Å². The van der Waals surface area contributed by atoms with Crippen molar-refractivity contribution in [1.29, 1.82) is 0 Å². The molecule has 33 heavy (non-hydrogen) atoms. The third-order valence-corrected chi connectivity index (χ3v) is 40.0. The Balaban J connectivity index is 5.68. The van der Waals surface area contributed by atoms with E-state index in [0.29, 0.717) is 0 Å². The first-order valence-corrected chi connectivity index (χ1v) is 27.8. The van der Waals surface area contributed by atoms with Gasteiger partial charge in [-0.3, -0.25) is 0 Å². The molecule has 0 atom stereocenters. The minimum atomic E-state index is -3.18. The van der Waals surface area contributed by atoms with Crippen molar-refractivity contribution in [3.8, 4) is 0 Å². The first kappa shape index (κ1) is 34.5. The molecule has 0 heterocycles. The molecular formula is C28H62O3Sn2. The van der Waals surface area contributed by atoms with Crippen LogP contribution >= 0.6 is 0 Å². The maximum atomic E-state index is 7.62. The van der Waals surface area contributed by atoms with Gasteiger partial charge in [-0.25, -0.2) is 0 Å². The number of hydrogen-bond acceptors (Lipinski definition) is 3. The van der Waals surface area contributed by atoms with Gasteiger partial charge in [-0.1, -0.05) is 0 Å². The summed E-state index contributed by atoms with van der Waals surface area (Å²) in [4.78, 5) is 0. The zero-order valence-electron chi connectivity index (χ0n) is 23.8. The van der Waals surface area contributed by atoms with E-state index in [4.69, 9.17) is 7.56 Å². The molecule has 3 nitrogen and oxygen atoms in total. The van der Waals surface area contributed by atoms with E-state index in [0.717, 1.165) is 13.2 Å². The monoisotopic (exact) mass is 686 g/mol. The van der Waals surface area contributed by atoms with E-state index in [1.54, 1.807) is 0 Å². The van der Waals surface area contributed by atoms with E-state index in [1.807, 2.05) is 0 Å². The van der Waals surface area contributed by atoms with E-state index >= 15 is 0 Å². The normalized spacial score (nSPS) is 12.5. The quantitative estimate of drug-likeness (QED) is 0.0671. The van der Waals surface area contributed by atoms with Crippen molar-refractivity contribution in [3.05, 3.63) is 0 Å². The molecule has 0 saturated carbocycles. The fraction of sp³-hybridized carbons (Fsp3) is 1.00. The molecule has 0 radical (unpaired) electrons. The van der Waals surface area contributed by atoms with Crippen molar-refractivity contribution in [2.45, 2.75) is 162 Å². The van der Waals surface area contributed by atoms with Gasteiger partial charge in [0.2, 0.25) is 0 Å². The standard InChI is InChI=1S/2C6H13O.4C4H9.O.2Sn/c2*1-2-3-4-5-6-7;4*1-3-4-2;;;/h2*2-6H2,1H3;4*1,3-4H2,2H3;;;/q2*-1;;;;;;2*+1. The van der Waals surface area contributed by atoms with Gasteiger partial charge in [-0.05, 0) is 0 Å². The number of unbranched alkanes of at least 4 members (excludes halogenated alkanes) is 10. The van der Waals surface area contributed by atoms with E-state index in [-0.39, 0.29) is 0 Å². The summed E-state index contributed by atoms with van der Waals surface area (Å²) in [6, 6.07) is 0. The molecule has 0 unspecified atom stereocenters. The molecule has 0 N–H and O–H groups in total. The van der Waals surface area contributed by atoms with Crippen molar-refractivity contribution >= 4 is 38.4 Å². The summed E-state index contributed by atoms with van der Waals surface area (Å²) in [5.74, 6) is 0. The Kier molecular flexibility index (Phi) is 24.9. The Morgan fingerprint density at radius 2 is 0.667 bits per heavy atom. The Bertz CT molecular complexity index is 355. The molecule has 0 bridgehead atoms. The molecule has 0 fully saturated rings. The zero-order valence-corrected chi connectivity index (χ0v) is 29.5. The zero-order chi connectivity index (χ0) is 24.7. The predicted octanol–water partition coefficient (Wildman–Crippen LogP) is 10.3. The topological polar surface area (TPSA) is 27.7 Å². The molecule has 0 aromatic heterocycles. The predicted molar refractivity (Wildman–Crippen MR) is 152 cm³/mol. The average Bonchev–Trinajstić information content (AvgIpc) is 2.83. The fourth-order valence-electron chi connectivity index (χ4n) is 4.50. The second-order valence-electron chi connectivity index (χ2n) is 10.2. The molecular weight excluding hydrogens is 622 g/mol. The molecule has 0 aromatic rings. The van der Waals surface area contributed by atoms with Crippen LogP contribution in [0.2, 0.25) is 17.7 Å². The van der Waals surface area contributed by atoms with Gasteiger partial charge in [0.15, 0.2) is 0 Å². The second kappa shape index (κ2) is 23.9. The van der Waals surface area contributed by atoms with Crippen LogP contribution in [-0.4, -0.2) is 51.6 Å². The second-order valence-corrected chi connectivity index (χ2v) is 32.4. The van der Waals surface area contributed by atoms with E-state index in [2.05, 4.69) is 41.5 Å². The molecule has 0 rings (SSSR count). The molecule has 200 valence electrons. The summed E-state index contributed by atoms with van der Waals surface area (Å²) in [5, 5.41) is 0. The Morgan fingerprint density at radius 3 is 0.939 bits per heavy atom. The molecule has 0 aliphatic heterocycles. The third-order valence-electron chi connectivity index (χ3n) is 6.74. The SMILES string of the molecule is CCCCCC[O][Sn]([CH2]CCC)([CH2]CCC)[O][Sn]([CH2]CCC)([CH2]CCC)[O]CCCCCC. The first-order valence-electron chi connectivity index (χ1n) is 15.1. The van der Waals surface area contributed by atoms with Gasteiger partial charge in [-0.2, -0.15) is 0 Å². The van der Waals surface area contributed by atoms with E-state index in [9.17, 15) is 0 Å². The molecule has 0 aliphatic carbocycles. The van der Waals surface area contributed by atoms with Crippen molar-refractivity contribution in [2.24, 2.45) is 0 Å². The van der Waals surface area contributed by atoms with Gasteiger partial charge < -0.3 is 0 Å². The van der Waals surface area contributed by atoms with Crippen LogP contribution in [0.3, 0.4) is 0 Å². The summed E-state index contributed by atoms with van der Waals surface area (Å²) in [5.41, 5.74) is 0. The van der Waals surface area contributed by atoms with Crippen LogP contribution in [-0.2, 0) is 7.56 Å².